The number of hydrogen-bond donors (Lipinski definition) is 1. The lowest BCUT2D eigenvalue weighted by atomic mass is 10.1. The molecular weight excluding hydrogens is 394 g/mol. The van der Waals surface area contributed by atoms with Crippen LogP contribution in [0, 0.1) is 25.2 Å². The SMILES string of the molecule is CCc1ccc(NC(=O)[C@@H](C)OC(=O)/C(C#N)=C/c2cc(C)n(CCOC)c2C)cc1. The van der Waals surface area contributed by atoms with E-state index in [4.69, 9.17) is 9.47 Å². The first-order chi connectivity index (χ1) is 14.8. The number of aryl methyl sites for hydroxylation is 2. The summed E-state index contributed by atoms with van der Waals surface area (Å²) in [4.78, 5) is 24.9. The van der Waals surface area contributed by atoms with Gasteiger partial charge < -0.3 is 19.4 Å². The van der Waals surface area contributed by atoms with Crippen molar-refractivity contribution in [1.29, 1.82) is 5.26 Å². The quantitative estimate of drug-likeness (QED) is 0.376. The van der Waals surface area contributed by atoms with E-state index in [9.17, 15) is 14.9 Å². The third-order valence-corrected chi connectivity index (χ3v) is 5.05. The number of carbonyl (C=O) groups excluding carboxylic acids is 2. The molecule has 0 radical (unpaired) electrons. The minimum absolute atomic E-state index is 0.168. The number of nitrogens with one attached hydrogen (secondary N) is 1. The number of aromatic nitrogens is 1. The van der Waals surface area contributed by atoms with E-state index >= 15 is 0 Å². The molecule has 1 N–H and O–H groups in total. The lowest BCUT2D eigenvalue weighted by Gasteiger charge is -2.13. The normalized spacial score (nSPS) is 12.2. The van der Waals surface area contributed by atoms with Gasteiger partial charge in [0.2, 0.25) is 0 Å². The van der Waals surface area contributed by atoms with Crippen molar-refractivity contribution < 1.29 is 19.1 Å². The number of nitrogens with zero attached hydrogens (tertiary/aromatic N) is 2. The minimum atomic E-state index is -1.05. The molecule has 1 amide bonds. The van der Waals surface area contributed by atoms with E-state index in [1.54, 1.807) is 19.2 Å². The van der Waals surface area contributed by atoms with Gasteiger partial charge >= 0.3 is 5.97 Å². The Balaban J connectivity index is 2.08. The number of carbonyl (C=O) groups is 2. The monoisotopic (exact) mass is 423 g/mol. The highest BCUT2D eigenvalue weighted by Crippen LogP contribution is 2.19. The van der Waals surface area contributed by atoms with Crippen molar-refractivity contribution in [1.82, 2.24) is 4.57 Å². The standard InChI is InChI=1S/C24H29N3O4/c1-6-19-7-9-22(10-8-19)26-23(28)18(4)31-24(29)21(15-25)14-20-13-16(2)27(17(20)3)11-12-30-5/h7-10,13-14,18H,6,11-12H2,1-5H3,(H,26,28)/b21-14+/t18-/m1/s1. The Morgan fingerprint density at radius 3 is 2.52 bits per heavy atom. The van der Waals surface area contributed by atoms with E-state index in [-0.39, 0.29) is 5.57 Å². The number of methoxy groups -OCH3 is 1. The largest absolute Gasteiger partial charge is 0.448 e. The van der Waals surface area contributed by atoms with Gasteiger partial charge in [-0.2, -0.15) is 5.26 Å². The summed E-state index contributed by atoms with van der Waals surface area (Å²) in [5.41, 5.74) is 4.26. The highest BCUT2D eigenvalue weighted by atomic mass is 16.5. The van der Waals surface area contributed by atoms with Crippen LogP contribution in [0.15, 0.2) is 35.9 Å². The second-order valence-corrected chi connectivity index (χ2v) is 7.23. The van der Waals surface area contributed by atoms with Gasteiger partial charge in [0.15, 0.2) is 6.10 Å². The third kappa shape index (κ3) is 6.30. The molecule has 164 valence electrons. The molecule has 7 heteroatoms. The van der Waals surface area contributed by atoms with Crippen molar-refractivity contribution in [3.8, 4) is 6.07 Å². The van der Waals surface area contributed by atoms with E-state index in [1.165, 1.54) is 13.0 Å². The fourth-order valence-electron chi connectivity index (χ4n) is 3.14. The number of nitriles is 1. The topological polar surface area (TPSA) is 93.4 Å². The molecule has 1 aromatic heterocycles. The Hall–Kier alpha value is -3.37. The van der Waals surface area contributed by atoms with Crippen LogP contribution < -0.4 is 5.32 Å². The predicted octanol–water partition coefficient (Wildman–Crippen LogP) is 3.79. The molecule has 0 saturated heterocycles. The summed E-state index contributed by atoms with van der Waals surface area (Å²) in [6.07, 6.45) is 1.34. The molecule has 0 spiro atoms. The second-order valence-electron chi connectivity index (χ2n) is 7.23. The van der Waals surface area contributed by atoms with E-state index < -0.39 is 18.0 Å². The van der Waals surface area contributed by atoms with Crippen LogP contribution in [0.4, 0.5) is 5.69 Å². The van der Waals surface area contributed by atoms with Crippen LogP contribution in [-0.4, -0.2) is 36.3 Å². The molecule has 0 aliphatic carbocycles. The first-order valence-electron chi connectivity index (χ1n) is 10.2. The number of benzene rings is 1. The summed E-state index contributed by atoms with van der Waals surface area (Å²) in [5.74, 6) is -1.30. The first kappa shape index (κ1) is 23.9. The smallest absolute Gasteiger partial charge is 0.349 e. The zero-order valence-corrected chi connectivity index (χ0v) is 18.7. The molecule has 0 fully saturated rings. The Bertz CT molecular complexity index is 997. The van der Waals surface area contributed by atoms with Gasteiger partial charge in [0.1, 0.15) is 11.6 Å². The Morgan fingerprint density at radius 2 is 1.94 bits per heavy atom. The van der Waals surface area contributed by atoms with E-state index in [0.29, 0.717) is 18.8 Å². The van der Waals surface area contributed by atoms with Gasteiger partial charge in [-0.3, -0.25) is 4.79 Å². The first-order valence-corrected chi connectivity index (χ1v) is 10.2. The number of hydrogen-bond acceptors (Lipinski definition) is 5. The van der Waals surface area contributed by atoms with E-state index in [0.717, 1.165) is 28.9 Å². The van der Waals surface area contributed by atoms with Crippen LogP contribution in [-0.2, 0) is 32.0 Å². The van der Waals surface area contributed by atoms with Crippen molar-refractivity contribution in [3.63, 3.8) is 0 Å². The molecule has 0 aliphatic rings. The molecule has 7 nitrogen and oxygen atoms in total. The van der Waals surface area contributed by atoms with Gasteiger partial charge in [-0.05, 0) is 62.6 Å². The highest BCUT2D eigenvalue weighted by Gasteiger charge is 2.21. The van der Waals surface area contributed by atoms with Crippen LogP contribution >= 0.6 is 0 Å². The molecule has 2 aromatic rings. The third-order valence-electron chi connectivity index (χ3n) is 5.05. The number of ether oxygens (including phenoxy) is 2. The van der Waals surface area contributed by atoms with Crippen molar-refractivity contribution >= 4 is 23.6 Å². The zero-order chi connectivity index (χ0) is 23.0. The highest BCUT2D eigenvalue weighted by molar-refractivity contribution is 6.01. The second kappa shape index (κ2) is 11.1. The van der Waals surface area contributed by atoms with Crippen molar-refractivity contribution in [2.75, 3.05) is 19.0 Å². The molecule has 1 heterocycles. The molecule has 0 saturated carbocycles. The number of amides is 1. The van der Waals surface area contributed by atoms with Crippen LogP contribution in [0.3, 0.4) is 0 Å². The Labute approximate surface area is 183 Å². The van der Waals surface area contributed by atoms with Crippen molar-refractivity contribution in [2.45, 2.75) is 46.8 Å². The van der Waals surface area contributed by atoms with E-state index in [1.807, 2.05) is 45.0 Å². The van der Waals surface area contributed by atoms with Gasteiger partial charge in [0.05, 0.1) is 6.61 Å². The molecule has 2 rings (SSSR count). The van der Waals surface area contributed by atoms with Crippen molar-refractivity contribution in [3.05, 3.63) is 58.4 Å². The van der Waals surface area contributed by atoms with Crippen LogP contribution in [0.5, 0.6) is 0 Å². The molecule has 31 heavy (non-hydrogen) atoms. The van der Waals surface area contributed by atoms with Crippen LogP contribution in [0.2, 0.25) is 0 Å². The maximum atomic E-state index is 12.5. The van der Waals surface area contributed by atoms with Gasteiger partial charge in [-0.15, -0.1) is 0 Å². The van der Waals surface area contributed by atoms with Gasteiger partial charge in [0.25, 0.3) is 5.91 Å². The average molecular weight is 424 g/mol. The summed E-state index contributed by atoms with van der Waals surface area (Å²) in [7, 11) is 1.64. The summed E-state index contributed by atoms with van der Waals surface area (Å²) in [6.45, 7) is 8.61. The van der Waals surface area contributed by atoms with Crippen molar-refractivity contribution in [2.24, 2.45) is 0 Å². The molecule has 1 aromatic carbocycles. The molecule has 1 atom stereocenters. The van der Waals surface area contributed by atoms with Gasteiger partial charge in [-0.1, -0.05) is 19.1 Å². The lowest BCUT2D eigenvalue weighted by Crippen LogP contribution is -2.30. The van der Waals surface area contributed by atoms with E-state index in [2.05, 4.69) is 9.88 Å². The number of anilines is 1. The van der Waals surface area contributed by atoms with Crippen LogP contribution in [0.1, 0.15) is 36.4 Å². The van der Waals surface area contributed by atoms with Gasteiger partial charge in [0, 0.05) is 30.7 Å². The fourth-order valence-corrected chi connectivity index (χ4v) is 3.14. The van der Waals surface area contributed by atoms with Gasteiger partial charge in [-0.25, -0.2) is 4.79 Å². The Morgan fingerprint density at radius 1 is 1.26 bits per heavy atom. The predicted molar refractivity (Wildman–Crippen MR) is 119 cm³/mol. The zero-order valence-electron chi connectivity index (χ0n) is 18.7. The molecule has 0 bridgehead atoms. The average Bonchev–Trinajstić information content (AvgIpc) is 3.03. The number of esters is 1. The summed E-state index contributed by atoms with van der Waals surface area (Å²) < 4.78 is 12.4. The minimum Gasteiger partial charge on any atom is -0.448 e. The maximum Gasteiger partial charge on any atom is 0.349 e. The van der Waals surface area contributed by atoms with Crippen LogP contribution in [0.25, 0.3) is 6.08 Å². The molecule has 0 unspecified atom stereocenters. The lowest BCUT2D eigenvalue weighted by molar-refractivity contribution is -0.148. The number of rotatable bonds is 9. The molecular formula is C24H29N3O4. The summed E-state index contributed by atoms with van der Waals surface area (Å²) >= 11 is 0. The molecule has 0 aliphatic heterocycles. The summed E-state index contributed by atoms with van der Waals surface area (Å²) in [6, 6.07) is 11.2. The fraction of sp³-hybridized carbons (Fsp3) is 0.375. The maximum absolute atomic E-state index is 12.5. The summed E-state index contributed by atoms with van der Waals surface area (Å²) in [5, 5.41) is 12.2. The Kier molecular flexibility index (Phi) is 8.59.